The normalized spacial score (nSPS) is 15.6. The van der Waals surface area contributed by atoms with E-state index in [2.05, 4.69) is 36.2 Å². The highest BCUT2D eigenvalue weighted by Gasteiger charge is 2.39. The Labute approximate surface area is 211 Å². The van der Waals surface area contributed by atoms with Crippen LogP contribution in [0.25, 0.3) is 11.3 Å². The SMILES string of the molecule is O=C1[C@@H](N=Nc2ccc(Br)cc2)C(c2ccc([N+](=O)[O-])cc2)=NN1c1nc(-c2ccccc2)cs1. The second-order valence-corrected chi connectivity index (χ2v) is 9.17. The maximum absolute atomic E-state index is 13.4. The number of hydrazone groups is 1. The van der Waals surface area contributed by atoms with Crippen LogP contribution in [0.5, 0.6) is 0 Å². The van der Waals surface area contributed by atoms with E-state index in [1.54, 1.807) is 24.3 Å². The van der Waals surface area contributed by atoms with Crippen LogP contribution in [0, 0.1) is 10.1 Å². The molecule has 1 aliphatic rings. The molecule has 3 aromatic carbocycles. The first kappa shape index (κ1) is 22.7. The first-order valence-corrected chi connectivity index (χ1v) is 12.0. The summed E-state index contributed by atoms with van der Waals surface area (Å²) >= 11 is 4.66. The summed E-state index contributed by atoms with van der Waals surface area (Å²) in [6.07, 6.45) is 0. The minimum atomic E-state index is -1.02. The zero-order chi connectivity index (χ0) is 24.4. The Morgan fingerprint density at radius 2 is 1.69 bits per heavy atom. The molecule has 4 aromatic rings. The number of benzene rings is 3. The van der Waals surface area contributed by atoms with Crippen LogP contribution < -0.4 is 5.01 Å². The van der Waals surface area contributed by atoms with Crippen LogP contribution in [-0.4, -0.2) is 27.6 Å². The van der Waals surface area contributed by atoms with Crippen molar-refractivity contribution in [1.82, 2.24) is 4.98 Å². The average molecular weight is 547 g/mol. The van der Waals surface area contributed by atoms with Crippen molar-refractivity contribution in [2.75, 3.05) is 5.01 Å². The van der Waals surface area contributed by atoms with E-state index in [0.717, 1.165) is 15.7 Å². The molecule has 0 fully saturated rings. The Bertz CT molecular complexity index is 1450. The van der Waals surface area contributed by atoms with Crippen LogP contribution in [0.3, 0.4) is 0 Å². The topological polar surface area (TPSA) is 113 Å². The zero-order valence-electron chi connectivity index (χ0n) is 17.9. The predicted octanol–water partition coefficient (Wildman–Crippen LogP) is 6.38. The summed E-state index contributed by atoms with van der Waals surface area (Å²) in [5.74, 6) is -0.409. The minimum Gasteiger partial charge on any atom is -0.269 e. The molecule has 1 atom stereocenters. The molecule has 11 heteroatoms. The number of anilines is 1. The molecule has 0 aliphatic carbocycles. The van der Waals surface area contributed by atoms with Gasteiger partial charge >= 0.3 is 0 Å². The standard InChI is InChI=1S/C24H15BrN6O3S/c25-17-8-10-18(11-9-17)27-28-22-21(16-6-12-19(13-7-16)31(33)34)29-30(23(22)32)24-26-20(14-35-24)15-4-2-1-3-5-15/h1-14,22H/t22-/m0/s1. The Morgan fingerprint density at radius 1 is 0.971 bits per heavy atom. The van der Waals surface area contributed by atoms with Gasteiger partial charge in [0, 0.05) is 33.1 Å². The van der Waals surface area contributed by atoms with Gasteiger partial charge < -0.3 is 0 Å². The van der Waals surface area contributed by atoms with E-state index >= 15 is 0 Å². The number of azo groups is 1. The lowest BCUT2D eigenvalue weighted by atomic mass is 10.0. The third-order valence-electron chi connectivity index (χ3n) is 5.14. The van der Waals surface area contributed by atoms with E-state index in [4.69, 9.17) is 0 Å². The molecule has 1 aliphatic heterocycles. The molecule has 0 unspecified atom stereocenters. The number of halogens is 1. The van der Waals surface area contributed by atoms with Gasteiger partial charge in [0.15, 0.2) is 6.04 Å². The molecular weight excluding hydrogens is 532 g/mol. The quantitative estimate of drug-likeness (QED) is 0.158. The molecule has 1 aromatic heterocycles. The lowest BCUT2D eigenvalue weighted by Gasteiger charge is -2.08. The Morgan fingerprint density at radius 3 is 2.37 bits per heavy atom. The van der Waals surface area contributed by atoms with Gasteiger partial charge in [0.25, 0.3) is 11.6 Å². The Balaban J connectivity index is 1.51. The van der Waals surface area contributed by atoms with Gasteiger partial charge in [0.1, 0.15) is 5.71 Å². The van der Waals surface area contributed by atoms with Crippen molar-refractivity contribution in [2.45, 2.75) is 6.04 Å². The highest BCUT2D eigenvalue weighted by atomic mass is 79.9. The van der Waals surface area contributed by atoms with E-state index < -0.39 is 16.9 Å². The Hall–Kier alpha value is -4.09. The van der Waals surface area contributed by atoms with Crippen molar-refractivity contribution >= 4 is 55.4 Å². The fourth-order valence-electron chi connectivity index (χ4n) is 3.39. The van der Waals surface area contributed by atoms with E-state index in [1.165, 1.54) is 28.5 Å². The van der Waals surface area contributed by atoms with Crippen LogP contribution in [-0.2, 0) is 4.79 Å². The highest BCUT2D eigenvalue weighted by molar-refractivity contribution is 9.10. The number of aromatic nitrogens is 1. The molecular formula is C24H15BrN6O3S. The van der Waals surface area contributed by atoms with Crippen LogP contribution in [0.2, 0.25) is 0 Å². The fourth-order valence-corrected chi connectivity index (χ4v) is 4.44. The van der Waals surface area contributed by atoms with Crippen LogP contribution in [0.1, 0.15) is 5.56 Å². The third-order valence-corrected chi connectivity index (χ3v) is 6.49. The van der Waals surface area contributed by atoms with Gasteiger partial charge in [-0.15, -0.1) is 11.3 Å². The Kier molecular flexibility index (Phi) is 6.25. The van der Waals surface area contributed by atoms with Crippen molar-refractivity contribution in [3.05, 3.63) is 104 Å². The summed E-state index contributed by atoms with van der Waals surface area (Å²) in [6, 6.07) is 21.6. The monoisotopic (exact) mass is 546 g/mol. The average Bonchev–Trinajstić information content (AvgIpc) is 3.49. The molecule has 0 bridgehead atoms. The molecule has 0 saturated heterocycles. The lowest BCUT2D eigenvalue weighted by molar-refractivity contribution is -0.384. The first-order chi connectivity index (χ1) is 17.0. The molecule has 0 radical (unpaired) electrons. The van der Waals surface area contributed by atoms with Gasteiger partial charge in [-0.1, -0.05) is 46.3 Å². The van der Waals surface area contributed by atoms with Crippen LogP contribution in [0.15, 0.2) is 104 Å². The molecule has 1 amide bonds. The summed E-state index contributed by atoms with van der Waals surface area (Å²) in [5, 5.41) is 27.6. The molecule has 9 nitrogen and oxygen atoms in total. The maximum atomic E-state index is 13.4. The van der Waals surface area contributed by atoms with E-state index in [-0.39, 0.29) is 5.69 Å². The summed E-state index contributed by atoms with van der Waals surface area (Å²) in [7, 11) is 0. The number of amides is 1. The molecule has 35 heavy (non-hydrogen) atoms. The fraction of sp³-hybridized carbons (Fsp3) is 0.0417. The number of hydrogen-bond donors (Lipinski definition) is 0. The van der Waals surface area contributed by atoms with E-state index in [0.29, 0.717) is 22.1 Å². The maximum Gasteiger partial charge on any atom is 0.282 e. The number of hydrogen-bond acceptors (Lipinski definition) is 8. The van der Waals surface area contributed by atoms with Crippen molar-refractivity contribution in [3.63, 3.8) is 0 Å². The number of non-ortho nitro benzene ring substituents is 1. The number of carbonyl (C=O) groups excluding carboxylic acids is 1. The highest BCUT2D eigenvalue weighted by Crippen LogP contribution is 2.32. The molecule has 172 valence electrons. The van der Waals surface area contributed by atoms with Crippen LogP contribution >= 0.6 is 27.3 Å². The predicted molar refractivity (Wildman–Crippen MR) is 137 cm³/mol. The third kappa shape index (κ3) is 4.77. The first-order valence-electron chi connectivity index (χ1n) is 10.3. The van der Waals surface area contributed by atoms with Crippen molar-refractivity contribution in [3.8, 4) is 11.3 Å². The largest absolute Gasteiger partial charge is 0.282 e. The molecule has 5 rings (SSSR count). The van der Waals surface area contributed by atoms with Crippen molar-refractivity contribution in [2.24, 2.45) is 15.3 Å². The van der Waals surface area contributed by atoms with Crippen molar-refractivity contribution < 1.29 is 9.72 Å². The molecule has 0 spiro atoms. The number of carbonyl (C=O) groups is 1. The summed E-state index contributed by atoms with van der Waals surface area (Å²) in [6.45, 7) is 0. The smallest absolute Gasteiger partial charge is 0.269 e. The van der Waals surface area contributed by atoms with Gasteiger partial charge in [-0.05, 0) is 36.4 Å². The second kappa shape index (κ2) is 9.65. The van der Waals surface area contributed by atoms with Gasteiger partial charge in [0.2, 0.25) is 5.13 Å². The molecule has 0 N–H and O–H groups in total. The number of rotatable bonds is 6. The van der Waals surface area contributed by atoms with E-state index in [9.17, 15) is 14.9 Å². The van der Waals surface area contributed by atoms with E-state index in [1.807, 2.05) is 47.8 Å². The molecule has 2 heterocycles. The summed E-state index contributed by atoms with van der Waals surface area (Å²) in [5.41, 5.74) is 3.03. The van der Waals surface area contributed by atoms with Crippen molar-refractivity contribution in [1.29, 1.82) is 0 Å². The zero-order valence-corrected chi connectivity index (χ0v) is 20.3. The number of nitro benzene ring substituents is 1. The number of thiazole rings is 1. The number of nitro groups is 1. The van der Waals surface area contributed by atoms with Gasteiger partial charge in [0.05, 0.1) is 16.3 Å². The molecule has 0 saturated carbocycles. The van der Waals surface area contributed by atoms with Gasteiger partial charge in [-0.25, -0.2) is 4.98 Å². The lowest BCUT2D eigenvalue weighted by Crippen LogP contribution is -2.30. The number of nitrogens with zero attached hydrogens (tertiary/aromatic N) is 6. The summed E-state index contributed by atoms with van der Waals surface area (Å²) in [4.78, 5) is 28.6. The van der Waals surface area contributed by atoms with Gasteiger partial charge in [-0.3, -0.25) is 14.9 Å². The van der Waals surface area contributed by atoms with Crippen LogP contribution in [0.4, 0.5) is 16.5 Å². The van der Waals surface area contributed by atoms with Gasteiger partial charge in [-0.2, -0.15) is 20.3 Å². The second-order valence-electron chi connectivity index (χ2n) is 7.42. The minimum absolute atomic E-state index is 0.0593. The summed E-state index contributed by atoms with van der Waals surface area (Å²) < 4.78 is 0.894.